The first-order valence-electron chi connectivity index (χ1n) is 11.0. The minimum Gasteiger partial charge on any atom is -0.497 e. The molecule has 186 valence electrons. The zero-order valence-corrected chi connectivity index (χ0v) is 21.5. The maximum atomic E-state index is 12.7. The molecule has 0 atom stereocenters. The van der Waals surface area contributed by atoms with Crippen molar-refractivity contribution in [1.82, 2.24) is 0 Å². The molecule has 4 aromatic rings. The Bertz CT molecular complexity index is 1470. The number of nitriles is 1. The van der Waals surface area contributed by atoms with E-state index >= 15 is 0 Å². The molecule has 1 heterocycles. The van der Waals surface area contributed by atoms with Gasteiger partial charge in [-0.05, 0) is 70.0 Å². The molecule has 1 aromatic heterocycles. The Morgan fingerprint density at radius 1 is 0.919 bits per heavy atom. The first-order valence-corrected chi connectivity index (χ1v) is 11.8. The summed E-state index contributed by atoms with van der Waals surface area (Å²) in [6.45, 7) is -0.568. The van der Waals surface area contributed by atoms with E-state index in [-0.39, 0.29) is 17.0 Å². The molecule has 4 rings (SSSR count). The smallest absolute Gasteiger partial charge is 0.339 e. The predicted molar refractivity (Wildman–Crippen MR) is 140 cm³/mol. The van der Waals surface area contributed by atoms with Crippen LogP contribution in [0.15, 0.2) is 81.7 Å². The summed E-state index contributed by atoms with van der Waals surface area (Å²) >= 11 is 3.28. The topological polar surface area (TPSA) is 111 Å². The molecule has 0 aliphatic rings. The van der Waals surface area contributed by atoms with E-state index in [1.807, 2.05) is 0 Å². The number of rotatable bonds is 8. The molecule has 0 radical (unpaired) electrons. The van der Waals surface area contributed by atoms with Gasteiger partial charge in [0.05, 0.1) is 19.8 Å². The molecule has 0 spiro atoms. The minimum atomic E-state index is -0.666. The summed E-state index contributed by atoms with van der Waals surface area (Å²) in [6.07, 6.45) is 0. The Labute approximate surface area is 221 Å². The van der Waals surface area contributed by atoms with Crippen LogP contribution in [-0.4, -0.2) is 32.7 Å². The van der Waals surface area contributed by atoms with Crippen molar-refractivity contribution in [1.29, 1.82) is 5.26 Å². The van der Waals surface area contributed by atoms with Crippen LogP contribution in [0.2, 0.25) is 0 Å². The van der Waals surface area contributed by atoms with E-state index in [9.17, 15) is 14.9 Å². The summed E-state index contributed by atoms with van der Waals surface area (Å²) in [7, 11) is 3.13. The predicted octanol–water partition coefficient (Wildman–Crippen LogP) is 6.06. The van der Waals surface area contributed by atoms with Crippen LogP contribution in [-0.2, 0) is 9.53 Å². The van der Waals surface area contributed by atoms with Crippen molar-refractivity contribution in [2.75, 3.05) is 26.1 Å². The molecular weight excluding hydrogens is 540 g/mol. The van der Waals surface area contributed by atoms with Gasteiger partial charge in [-0.15, -0.1) is 0 Å². The number of anilines is 1. The lowest BCUT2D eigenvalue weighted by Crippen LogP contribution is -2.21. The second kappa shape index (κ2) is 11.5. The third-order valence-corrected chi connectivity index (χ3v) is 6.12. The Hall–Kier alpha value is -4.55. The monoisotopic (exact) mass is 560 g/mol. The van der Waals surface area contributed by atoms with Crippen LogP contribution >= 0.6 is 15.9 Å². The highest BCUT2D eigenvalue weighted by Gasteiger charge is 2.25. The molecule has 8 nitrogen and oxygen atoms in total. The summed E-state index contributed by atoms with van der Waals surface area (Å²) in [5.41, 5.74) is 2.27. The van der Waals surface area contributed by atoms with E-state index in [1.54, 1.807) is 87.0 Å². The van der Waals surface area contributed by atoms with Gasteiger partial charge >= 0.3 is 5.97 Å². The summed E-state index contributed by atoms with van der Waals surface area (Å²) < 4.78 is 22.2. The summed E-state index contributed by atoms with van der Waals surface area (Å²) in [4.78, 5) is 25.0. The highest BCUT2D eigenvalue weighted by Crippen LogP contribution is 2.42. The van der Waals surface area contributed by atoms with Crippen molar-refractivity contribution in [2.45, 2.75) is 0 Å². The number of hydrogen-bond donors (Lipinski definition) is 1. The van der Waals surface area contributed by atoms with Gasteiger partial charge in [-0.25, -0.2) is 4.79 Å². The SMILES string of the molecule is COc1ccc(-c2oc(NC(=O)COC(=O)c3ccccc3Br)c(C#N)c2-c2ccc(OC)cc2)cc1. The van der Waals surface area contributed by atoms with Gasteiger partial charge in [0.25, 0.3) is 5.91 Å². The second-order valence-corrected chi connectivity index (χ2v) is 8.54. The van der Waals surface area contributed by atoms with Crippen molar-refractivity contribution in [3.63, 3.8) is 0 Å². The fourth-order valence-electron chi connectivity index (χ4n) is 3.60. The van der Waals surface area contributed by atoms with Gasteiger partial charge in [-0.2, -0.15) is 5.26 Å². The number of methoxy groups -OCH3 is 2. The number of benzene rings is 3. The number of carbonyl (C=O) groups is 2. The van der Waals surface area contributed by atoms with E-state index in [4.69, 9.17) is 18.6 Å². The first kappa shape index (κ1) is 25.5. The maximum Gasteiger partial charge on any atom is 0.339 e. The zero-order valence-electron chi connectivity index (χ0n) is 19.9. The number of hydrogen-bond acceptors (Lipinski definition) is 7. The lowest BCUT2D eigenvalue weighted by atomic mass is 9.98. The Kier molecular flexibility index (Phi) is 7.91. The van der Waals surface area contributed by atoms with E-state index < -0.39 is 18.5 Å². The van der Waals surface area contributed by atoms with Gasteiger partial charge in [-0.1, -0.05) is 24.3 Å². The molecule has 9 heteroatoms. The van der Waals surface area contributed by atoms with E-state index in [0.717, 1.165) is 0 Å². The number of ether oxygens (including phenoxy) is 3. The molecule has 3 aromatic carbocycles. The third-order valence-electron chi connectivity index (χ3n) is 5.43. The van der Waals surface area contributed by atoms with Crippen molar-refractivity contribution < 1.29 is 28.2 Å². The molecular formula is C28H21BrN2O6. The normalized spacial score (nSPS) is 10.3. The standard InChI is InChI=1S/C28H21BrN2O6/c1-34-19-11-7-17(8-12-19)25-22(15-30)27(37-26(25)18-9-13-20(35-2)14-10-18)31-24(32)16-36-28(33)21-5-3-4-6-23(21)29/h3-14H,16H2,1-2H3,(H,31,32). The minimum absolute atomic E-state index is 0.0546. The molecule has 0 fully saturated rings. The summed E-state index contributed by atoms with van der Waals surface area (Å²) in [5, 5.41) is 12.6. The second-order valence-electron chi connectivity index (χ2n) is 7.68. The molecule has 1 amide bonds. The molecule has 37 heavy (non-hydrogen) atoms. The molecule has 0 bridgehead atoms. The number of furan rings is 1. The largest absolute Gasteiger partial charge is 0.497 e. The number of amides is 1. The highest BCUT2D eigenvalue weighted by molar-refractivity contribution is 9.10. The lowest BCUT2D eigenvalue weighted by molar-refractivity contribution is -0.119. The molecule has 0 saturated carbocycles. The van der Waals surface area contributed by atoms with Gasteiger partial charge in [0.15, 0.2) is 6.61 Å². The van der Waals surface area contributed by atoms with Crippen LogP contribution in [0.25, 0.3) is 22.5 Å². The average Bonchev–Trinajstić information content (AvgIpc) is 3.29. The van der Waals surface area contributed by atoms with E-state index in [0.29, 0.717) is 38.4 Å². The van der Waals surface area contributed by atoms with Crippen LogP contribution in [0.3, 0.4) is 0 Å². The molecule has 0 unspecified atom stereocenters. The molecule has 1 N–H and O–H groups in total. The number of nitrogens with zero attached hydrogens (tertiary/aromatic N) is 1. The van der Waals surface area contributed by atoms with E-state index in [1.165, 1.54) is 0 Å². The van der Waals surface area contributed by atoms with Gasteiger partial charge < -0.3 is 18.6 Å². The van der Waals surface area contributed by atoms with Gasteiger partial charge in [-0.3, -0.25) is 10.1 Å². The maximum absolute atomic E-state index is 12.7. The van der Waals surface area contributed by atoms with Crippen LogP contribution in [0.5, 0.6) is 11.5 Å². The number of halogens is 1. The van der Waals surface area contributed by atoms with Gasteiger partial charge in [0.2, 0.25) is 5.88 Å². The van der Waals surface area contributed by atoms with Crippen LogP contribution in [0, 0.1) is 11.3 Å². The Morgan fingerprint density at radius 3 is 2.08 bits per heavy atom. The molecule has 0 aliphatic carbocycles. The van der Waals surface area contributed by atoms with Crippen LogP contribution in [0.1, 0.15) is 15.9 Å². The van der Waals surface area contributed by atoms with Crippen molar-refractivity contribution in [3.05, 3.63) is 88.4 Å². The fourth-order valence-corrected chi connectivity index (χ4v) is 4.05. The number of esters is 1. The molecule has 0 saturated heterocycles. The zero-order chi connectivity index (χ0) is 26.4. The van der Waals surface area contributed by atoms with Crippen molar-refractivity contribution >= 4 is 33.7 Å². The Balaban J connectivity index is 1.65. The van der Waals surface area contributed by atoms with Crippen LogP contribution < -0.4 is 14.8 Å². The fraction of sp³-hybridized carbons (Fsp3) is 0.107. The summed E-state index contributed by atoms with van der Waals surface area (Å²) in [6, 6.07) is 23.1. The quantitative estimate of drug-likeness (QED) is 0.261. The lowest BCUT2D eigenvalue weighted by Gasteiger charge is -2.06. The average molecular weight is 561 g/mol. The van der Waals surface area contributed by atoms with Crippen molar-refractivity contribution in [2.24, 2.45) is 0 Å². The first-order chi connectivity index (χ1) is 17.9. The van der Waals surface area contributed by atoms with E-state index in [2.05, 4.69) is 27.3 Å². The highest BCUT2D eigenvalue weighted by atomic mass is 79.9. The van der Waals surface area contributed by atoms with Gasteiger partial charge in [0.1, 0.15) is 28.9 Å². The molecule has 0 aliphatic heterocycles. The van der Waals surface area contributed by atoms with Crippen molar-refractivity contribution in [3.8, 4) is 40.0 Å². The Morgan fingerprint density at radius 2 is 1.51 bits per heavy atom. The number of carbonyl (C=O) groups excluding carboxylic acids is 2. The third kappa shape index (κ3) is 5.66. The summed E-state index contributed by atoms with van der Waals surface area (Å²) in [5.74, 6) is 0.305. The number of nitrogens with one attached hydrogen (secondary N) is 1. The van der Waals surface area contributed by atoms with Crippen LogP contribution in [0.4, 0.5) is 5.88 Å². The van der Waals surface area contributed by atoms with Gasteiger partial charge in [0, 0.05) is 15.6 Å².